The Balaban J connectivity index is 4.15. The molecular formula is C10H14F3NO6. The lowest BCUT2D eigenvalue weighted by molar-refractivity contribution is -0.176. The summed E-state index contributed by atoms with van der Waals surface area (Å²) in [6, 6.07) is -1.41. The number of rotatable bonds is 8. The lowest BCUT2D eigenvalue weighted by Crippen LogP contribution is -2.43. The fourth-order valence-corrected chi connectivity index (χ4v) is 1.12. The van der Waals surface area contributed by atoms with Gasteiger partial charge in [-0.1, -0.05) is 0 Å². The largest absolute Gasteiger partial charge is 0.480 e. The summed E-state index contributed by atoms with van der Waals surface area (Å²) in [5, 5.41) is 10.7. The lowest BCUT2D eigenvalue weighted by atomic mass is 10.1. The molecule has 0 aromatic carbocycles. The molecule has 2 N–H and O–H groups in total. The van der Waals surface area contributed by atoms with Gasteiger partial charge in [-0.3, -0.25) is 9.59 Å². The Kier molecular flexibility index (Phi) is 7.59. The number of esters is 1. The number of alkyl halides is 3. The Morgan fingerprint density at radius 1 is 1.30 bits per heavy atom. The van der Waals surface area contributed by atoms with Crippen LogP contribution in [0.15, 0.2) is 0 Å². The van der Waals surface area contributed by atoms with E-state index >= 15 is 0 Å². The maximum Gasteiger partial charge on any atom is 0.411 e. The van der Waals surface area contributed by atoms with E-state index in [4.69, 9.17) is 5.11 Å². The van der Waals surface area contributed by atoms with E-state index in [1.807, 2.05) is 5.32 Å². The number of nitrogens with one attached hydrogen (secondary N) is 1. The van der Waals surface area contributed by atoms with E-state index in [9.17, 15) is 27.6 Å². The Morgan fingerprint density at radius 2 is 1.90 bits per heavy atom. The van der Waals surface area contributed by atoms with E-state index < -0.39 is 43.3 Å². The number of carboxylic acids is 1. The summed E-state index contributed by atoms with van der Waals surface area (Å²) in [5.74, 6) is -3.11. The molecule has 0 heterocycles. The maximum absolute atomic E-state index is 11.7. The number of amides is 1. The van der Waals surface area contributed by atoms with Crippen molar-refractivity contribution < 1.29 is 42.1 Å². The molecule has 0 aromatic rings. The quantitative estimate of drug-likeness (QED) is 0.616. The van der Waals surface area contributed by atoms with E-state index in [-0.39, 0.29) is 12.8 Å². The minimum absolute atomic E-state index is 0.243. The van der Waals surface area contributed by atoms with Crippen molar-refractivity contribution in [1.82, 2.24) is 5.32 Å². The van der Waals surface area contributed by atoms with Gasteiger partial charge in [0.25, 0.3) is 0 Å². The van der Waals surface area contributed by atoms with E-state index in [2.05, 4.69) is 9.47 Å². The second kappa shape index (κ2) is 8.35. The van der Waals surface area contributed by atoms with Crippen LogP contribution in [0.2, 0.25) is 0 Å². The molecular weight excluding hydrogens is 287 g/mol. The Hall–Kier alpha value is -1.84. The van der Waals surface area contributed by atoms with Gasteiger partial charge in [-0.15, -0.1) is 0 Å². The van der Waals surface area contributed by atoms with E-state index in [1.165, 1.54) is 0 Å². The predicted octanol–water partition coefficient (Wildman–Crippen LogP) is 0.0879. The summed E-state index contributed by atoms with van der Waals surface area (Å²) < 4.78 is 43.6. The highest BCUT2D eigenvalue weighted by Gasteiger charge is 2.28. The van der Waals surface area contributed by atoms with Gasteiger partial charge in [0.05, 0.1) is 7.11 Å². The van der Waals surface area contributed by atoms with Crippen LogP contribution in [-0.2, 0) is 23.9 Å². The van der Waals surface area contributed by atoms with Crippen LogP contribution in [0, 0.1) is 0 Å². The van der Waals surface area contributed by atoms with E-state index in [0.29, 0.717) is 0 Å². The maximum atomic E-state index is 11.7. The molecule has 0 fully saturated rings. The van der Waals surface area contributed by atoms with Gasteiger partial charge in [0.15, 0.2) is 0 Å². The minimum Gasteiger partial charge on any atom is -0.480 e. The van der Waals surface area contributed by atoms with Crippen LogP contribution < -0.4 is 5.32 Å². The van der Waals surface area contributed by atoms with Gasteiger partial charge >= 0.3 is 18.1 Å². The van der Waals surface area contributed by atoms with E-state index in [1.54, 1.807) is 0 Å². The lowest BCUT2D eigenvalue weighted by Gasteiger charge is -2.14. The predicted molar refractivity (Wildman–Crippen MR) is 57.7 cm³/mol. The molecule has 0 aliphatic heterocycles. The van der Waals surface area contributed by atoms with Crippen LogP contribution in [0.25, 0.3) is 0 Å². The topological polar surface area (TPSA) is 102 Å². The van der Waals surface area contributed by atoms with Gasteiger partial charge in [-0.2, -0.15) is 13.2 Å². The third-order valence-corrected chi connectivity index (χ3v) is 2.00. The SMILES string of the molecule is COC(=O)CC[C@@H](NC(=O)COCC(F)(F)F)C(=O)O. The van der Waals surface area contributed by atoms with Crippen molar-refractivity contribution in [2.24, 2.45) is 0 Å². The van der Waals surface area contributed by atoms with Crippen molar-refractivity contribution in [1.29, 1.82) is 0 Å². The number of carbonyl (C=O) groups is 3. The standard InChI is InChI=1S/C10H14F3NO6/c1-19-8(16)3-2-6(9(17)18)14-7(15)4-20-5-10(11,12)13/h6H,2-5H2,1H3,(H,14,15)(H,17,18)/t6-/m1/s1. The Bertz CT molecular complexity index is 357. The highest BCUT2D eigenvalue weighted by Crippen LogP contribution is 2.14. The zero-order valence-corrected chi connectivity index (χ0v) is 10.5. The molecule has 0 saturated carbocycles. The van der Waals surface area contributed by atoms with Crippen LogP contribution in [0.3, 0.4) is 0 Å². The molecule has 0 aliphatic rings. The fourth-order valence-electron chi connectivity index (χ4n) is 1.12. The number of hydrogen-bond acceptors (Lipinski definition) is 5. The zero-order valence-electron chi connectivity index (χ0n) is 10.5. The van der Waals surface area contributed by atoms with Gasteiger partial charge in [-0.25, -0.2) is 4.79 Å². The number of methoxy groups -OCH3 is 1. The summed E-state index contributed by atoms with van der Waals surface area (Å²) in [4.78, 5) is 32.8. The Morgan fingerprint density at radius 3 is 2.35 bits per heavy atom. The number of aliphatic carboxylic acids is 1. The van der Waals surface area contributed by atoms with Gasteiger partial charge in [0, 0.05) is 6.42 Å². The molecule has 0 spiro atoms. The number of carboxylic acid groups (broad SMARTS) is 1. The number of ether oxygens (including phenoxy) is 2. The second-order valence-electron chi connectivity index (χ2n) is 3.68. The number of carbonyl (C=O) groups excluding carboxylic acids is 2. The van der Waals surface area contributed by atoms with Gasteiger partial charge in [0.2, 0.25) is 5.91 Å². The van der Waals surface area contributed by atoms with Crippen LogP contribution in [0.1, 0.15) is 12.8 Å². The molecule has 10 heteroatoms. The summed E-state index contributed by atoms with van der Waals surface area (Å²) in [5.41, 5.74) is 0. The van der Waals surface area contributed by atoms with Crippen LogP contribution in [0.5, 0.6) is 0 Å². The highest BCUT2D eigenvalue weighted by molar-refractivity contribution is 5.84. The van der Waals surface area contributed by atoms with Crippen LogP contribution >= 0.6 is 0 Å². The summed E-state index contributed by atoms with van der Waals surface area (Å²) >= 11 is 0. The molecule has 20 heavy (non-hydrogen) atoms. The Labute approximate surface area is 112 Å². The molecule has 0 unspecified atom stereocenters. The van der Waals surface area contributed by atoms with Crippen molar-refractivity contribution in [2.45, 2.75) is 25.1 Å². The van der Waals surface area contributed by atoms with Crippen LogP contribution in [-0.4, -0.2) is 55.5 Å². The summed E-state index contributed by atoms with van der Waals surface area (Å²) in [7, 11) is 1.11. The molecule has 116 valence electrons. The molecule has 1 amide bonds. The highest BCUT2D eigenvalue weighted by atomic mass is 19.4. The third-order valence-electron chi connectivity index (χ3n) is 2.00. The first-order valence-corrected chi connectivity index (χ1v) is 5.39. The second-order valence-corrected chi connectivity index (χ2v) is 3.68. The minimum atomic E-state index is -4.57. The summed E-state index contributed by atoms with van der Waals surface area (Å²) in [6.45, 7) is -2.54. The average molecular weight is 301 g/mol. The van der Waals surface area contributed by atoms with Crippen molar-refractivity contribution >= 4 is 17.8 Å². The molecule has 0 radical (unpaired) electrons. The molecule has 0 bridgehead atoms. The van der Waals surface area contributed by atoms with Crippen molar-refractivity contribution in [3.05, 3.63) is 0 Å². The molecule has 7 nitrogen and oxygen atoms in total. The first-order chi connectivity index (χ1) is 9.15. The molecule has 0 saturated heterocycles. The van der Waals surface area contributed by atoms with E-state index in [0.717, 1.165) is 7.11 Å². The third kappa shape index (κ3) is 9.14. The summed E-state index contributed by atoms with van der Waals surface area (Å²) in [6.07, 6.45) is -5.07. The van der Waals surface area contributed by atoms with Crippen molar-refractivity contribution in [3.8, 4) is 0 Å². The van der Waals surface area contributed by atoms with Crippen molar-refractivity contribution in [2.75, 3.05) is 20.3 Å². The average Bonchev–Trinajstić information content (AvgIpc) is 2.31. The monoisotopic (exact) mass is 301 g/mol. The van der Waals surface area contributed by atoms with Crippen LogP contribution in [0.4, 0.5) is 13.2 Å². The van der Waals surface area contributed by atoms with Crippen molar-refractivity contribution in [3.63, 3.8) is 0 Å². The van der Waals surface area contributed by atoms with Gasteiger partial charge in [-0.05, 0) is 6.42 Å². The zero-order chi connectivity index (χ0) is 15.8. The van der Waals surface area contributed by atoms with Gasteiger partial charge < -0.3 is 19.9 Å². The molecule has 0 aliphatic carbocycles. The van der Waals surface area contributed by atoms with Gasteiger partial charge in [0.1, 0.15) is 19.3 Å². The number of halogens is 3. The molecule has 0 aromatic heterocycles. The fraction of sp³-hybridized carbons (Fsp3) is 0.700. The molecule has 1 atom stereocenters. The normalized spacial score (nSPS) is 12.6. The first-order valence-electron chi connectivity index (χ1n) is 5.39. The number of hydrogen-bond donors (Lipinski definition) is 2. The first kappa shape index (κ1) is 18.2. The molecule has 0 rings (SSSR count). The smallest absolute Gasteiger partial charge is 0.411 e.